The van der Waals surface area contributed by atoms with Crippen molar-refractivity contribution in [2.24, 2.45) is 0 Å². The lowest BCUT2D eigenvalue weighted by molar-refractivity contribution is 0.803. The fraction of sp³-hybridized carbons (Fsp3) is 0.190. The largest absolute Gasteiger partial charge is 0.282 e. The van der Waals surface area contributed by atoms with Gasteiger partial charge in [-0.1, -0.05) is 18.2 Å². The van der Waals surface area contributed by atoms with E-state index < -0.39 is 0 Å². The van der Waals surface area contributed by atoms with Crippen LogP contribution >= 0.6 is 0 Å². The van der Waals surface area contributed by atoms with Gasteiger partial charge in [0.2, 0.25) is 0 Å². The smallest absolute Gasteiger partial charge is 0.153 e. The molecule has 0 aliphatic carbocycles. The lowest BCUT2D eigenvalue weighted by atomic mass is 10.0. The molecule has 0 atom stereocenters. The monoisotopic (exact) mass is 343 g/mol. The molecule has 26 heavy (non-hydrogen) atoms. The lowest BCUT2D eigenvalue weighted by Crippen LogP contribution is -2.03. The molecule has 0 bridgehead atoms. The van der Waals surface area contributed by atoms with Crippen molar-refractivity contribution in [3.05, 3.63) is 82.9 Å². The molecular formula is C21H21N5. The Kier molecular flexibility index (Phi) is 4.13. The molecule has 0 spiro atoms. The second-order valence-corrected chi connectivity index (χ2v) is 6.67. The average molecular weight is 343 g/mol. The molecule has 0 aliphatic heterocycles. The molecule has 4 aromatic rings. The second kappa shape index (κ2) is 6.59. The van der Waals surface area contributed by atoms with Crippen LogP contribution in [0.1, 0.15) is 28.2 Å². The van der Waals surface area contributed by atoms with E-state index in [9.17, 15) is 0 Å². The molecule has 0 fully saturated rings. The van der Waals surface area contributed by atoms with Crippen LogP contribution in [0.4, 0.5) is 0 Å². The van der Waals surface area contributed by atoms with Crippen LogP contribution in [-0.2, 0) is 6.42 Å². The van der Waals surface area contributed by atoms with Gasteiger partial charge in [-0.25, -0.2) is 9.67 Å². The van der Waals surface area contributed by atoms with Gasteiger partial charge in [-0.15, -0.1) is 0 Å². The molecule has 130 valence electrons. The third-order valence-electron chi connectivity index (χ3n) is 4.37. The summed E-state index contributed by atoms with van der Waals surface area (Å²) in [6.07, 6.45) is 2.69. The van der Waals surface area contributed by atoms with Gasteiger partial charge in [0, 0.05) is 23.1 Å². The molecule has 0 unspecified atom stereocenters. The van der Waals surface area contributed by atoms with Gasteiger partial charge >= 0.3 is 0 Å². The van der Waals surface area contributed by atoms with Gasteiger partial charge in [-0.3, -0.25) is 5.10 Å². The molecule has 1 aromatic carbocycles. The van der Waals surface area contributed by atoms with E-state index >= 15 is 0 Å². The normalized spacial score (nSPS) is 11.0. The number of nitrogens with one attached hydrogen (secondary N) is 1. The topological polar surface area (TPSA) is 59.4 Å². The maximum atomic E-state index is 4.53. The molecule has 0 amide bonds. The molecule has 0 saturated heterocycles. The van der Waals surface area contributed by atoms with Crippen LogP contribution in [0, 0.1) is 20.8 Å². The highest BCUT2D eigenvalue weighted by Crippen LogP contribution is 2.21. The summed E-state index contributed by atoms with van der Waals surface area (Å²) in [6, 6.07) is 16.8. The average Bonchev–Trinajstić information content (AvgIpc) is 3.20. The Balaban J connectivity index is 1.62. The first-order valence-corrected chi connectivity index (χ1v) is 8.68. The lowest BCUT2D eigenvalue weighted by Gasteiger charge is -2.07. The van der Waals surface area contributed by atoms with E-state index in [-0.39, 0.29) is 0 Å². The Morgan fingerprint density at radius 2 is 1.81 bits per heavy atom. The summed E-state index contributed by atoms with van der Waals surface area (Å²) in [6.45, 7) is 6.05. The number of aromatic amines is 1. The van der Waals surface area contributed by atoms with Crippen LogP contribution in [0.5, 0.6) is 0 Å². The van der Waals surface area contributed by atoms with Crippen molar-refractivity contribution in [3.63, 3.8) is 0 Å². The van der Waals surface area contributed by atoms with E-state index in [1.807, 2.05) is 31.6 Å². The zero-order valence-corrected chi connectivity index (χ0v) is 15.2. The van der Waals surface area contributed by atoms with E-state index in [4.69, 9.17) is 0 Å². The molecule has 0 radical (unpaired) electrons. The Hall–Kier alpha value is -3.21. The minimum absolute atomic E-state index is 0.839. The van der Waals surface area contributed by atoms with Gasteiger partial charge in [0.25, 0.3) is 0 Å². The van der Waals surface area contributed by atoms with Crippen LogP contribution in [-0.4, -0.2) is 25.0 Å². The summed E-state index contributed by atoms with van der Waals surface area (Å²) in [5, 5.41) is 11.9. The molecule has 3 aromatic heterocycles. The number of nitrogens with zero attached hydrogens (tertiary/aromatic N) is 4. The van der Waals surface area contributed by atoms with Crippen molar-refractivity contribution in [3.8, 4) is 17.1 Å². The maximum absolute atomic E-state index is 4.53. The number of aryl methyl sites for hydroxylation is 3. The summed E-state index contributed by atoms with van der Waals surface area (Å²) in [5.41, 5.74) is 7.70. The first-order chi connectivity index (χ1) is 12.6. The van der Waals surface area contributed by atoms with Crippen LogP contribution in [0.15, 0.2) is 54.7 Å². The van der Waals surface area contributed by atoms with Gasteiger partial charge < -0.3 is 0 Å². The predicted octanol–water partition coefficient (Wildman–Crippen LogP) is 4.17. The third kappa shape index (κ3) is 3.28. The minimum atomic E-state index is 0.839. The predicted molar refractivity (Wildman–Crippen MR) is 102 cm³/mol. The number of pyridine rings is 1. The van der Waals surface area contributed by atoms with E-state index in [1.54, 1.807) is 0 Å². The van der Waals surface area contributed by atoms with Gasteiger partial charge in [0.15, 0.2) is 5.82 Å². The molecule has 4 rings (SSSR count). The van der Waals surface area contributed by atoms with E-state index in [2.05, 4.69) is 68.8 Å². The molecule has 0 saturated carbocycles. The SMILES string of the molecule is Cc1cc(C)n(-c2cc(Cc3cccc(-c4cc(C)[nH]n4)c3)ccn2)n1. The zero-order valence-electron chi connectivity index (χ0n) is 15.2. The Bertz CT molecular complexity index is 1060. The molecule has 3 heterocycles. The van der Waals surface area contributed by atoms with Crippen molar-refractivity contribution < 1.29 is 0 Å². The van der Waals surface area contributed by atoms with Crippen molar-refractivity contribution in [1.29, 1.82) is 0 Å². The number of hydrogen-bond acceptors (Lipinski definition) is 3. The van der Waals surface area contributed by atoms with E-state index in [0.29, 0.717) is 0 Å². The Morgan fingerprint density at radius 3 is 2.54 bits per heavy atom. The maximum Gasteiger partial charge on any atom is 0.153 e. The van der Waals surface area contributed by atoms with E-state index in [0.717, 1.165) is 40.6 Å². The molecule has 5 heteroatoms. The quantitative estimate of drug-likeness (QED) is 0.605. The highest BCUT2D eigenvalue weighted by molar-refractivity contribution is 5.60. The molecule has 5 nitrogen and oxygen atoms in total. The number of benzene rings is 1. The van der Waals surface area contributed by atoms with Gasteiger partial charge in [-0.2, -0.15) is 10.2 Å². The number of aromatic nitrogens is 5. The van der Waals surface area contributed by atoms with Gasteiger partial charge in [-0.05, 0) is 68.7 Å². The third-order valence-corrected chi connectivity index (χ3v) is 4.37. The van der Waals surface area contributed by atoms with E-state index in [1.165, 1.54) is 11.1 Å². The molecule has 0 aliphatic rings. The van der Waals surface area contributed by atoms with Crippen molar-refractivity contribution in [2.45, 2.75) is 27.2 Å². The van der Waals surface area contributed by atoms with Gasteiger partial charge in [0.1, 0.15) is 0 Å². The Morgan fingerprint density at radius 1 is 0.962 bits per heavy atom. The molecular weight excluding hydrogens is 322 g/mol. The van der Waals surface area contributed by atoms with Crippen molar-refractivity contribution in [1.82, 2.24) is 25.0 Å². The minimum Gasteiger partial charge on any atom is -0.282 e. The first kappa shape index (κ1) is 16.3. The first-order valence-electron chi connectivity index (χ1n) is 8.68. The fourth-order valence-corrected chi connectivity index (χ4v) is 3.19. The van der Waals surface area contributed by atoms with Crippen LogP contribution < -0.4 is 0 Å². The summed E-state index contributed by atoms with van der Waals surface area (Å²) in [5.74, 6) is 0.854. The highest BCUT2D eigenvalue weighted by Gasteiger charge is 2.07. The van der Waals surface area contributed by atoms with Gasteiger partial charge in [0.05, 0.1) is 11.4 Å². The number of hydrogen-bond donors (Lipinski definition) is 1. The summed E-state index contributed by atoms with van der Waals surface area (Å²) >= 11 is 0. The summed E-state index contributed by atoms with van der Waals surface area (Å²) < 4.78 is 1.89. The van der Waals surface area contributed by atoms with Crippen LogP contribution in [0.2, 0.25) is 0 Å². The fourth-order valence-electron chi connectivity index (χ4n) is 3.19. The summed E-state index contributed by atoms with van der Waals surface area (Å²) in [7, 11) is 0. The number of H-pyrrole nitrogens is 1. The highest BCUT2D eigenvalue weighted by atomic mass is 15.3. The standard InChI is InChI=1S/C21H21N5/c1-14-10-20(24-23-14)19-6-4-5-17(12-19)11-18-7-8-22-21(13-18)26-16(3)9-15(2)25-26/h4-10,12-13H,11H2,1-3H3,(H,23,24). The van der Waals surface area contributed by atoms with Crippen LogP contribution in [0.3, 0.4) is 0 Å². The Labute approximate surface area is 152 Å². The number of rotatable bonds is 4. The van der Waals surface area contributed by atoms with Crippen molar-refractivity contribution >= 4 is 0 Å². The van der Waals surface area contributed by atoms with Crippen molar-refractivity contribution in [2.75, 3.05) is 0 Å². The zero-order chi connectivity index (χ0) is 18.1. The second-order valence-electron chi connectivity index (χ2n) is 6.67. The molecule has 1 N–H and O–H groups in total. The summed E-state index contributed by atoms with van der Waals surface area (Å²) in [4.78, 5) is 4.48. The van der Waals surface area contributed by atoms with Crippen LogP contribution in [0.25, 0.3) is 17.1 Å².